The van der Waals surface area contributed by atoms with Crippen molar-refractivity contribution in [1.82, 2.24) is 15.5 Å². The van der Waals surface area contributed by atoms with Crippen LogP contribution in [0.1, 0.15) is 50.7 Å². The number of piperidine rings is 1. The summed E-state index contributed by atoms with van der Waals surface area (Å²) in [5.41, 5.74) is 2.34. The van der Waals surface area contributed by atoms with Gasteiger partial charge in [-0.2, -0.15) is 0 Å². The van der Waals surface area contributed by atoms with Crippen molar-refractivity contribution in [3.8, 4) is 0 Å². The number of amides is 2. The quantitative estimate of drug-likeness (QED) is 0.762. The third-order valence-electron chi connectivity index (χ3n) is 5.71. The zero-order chi connectivity index (χ0) is 19.2. The van der Waals surface area contributed by atoms with E-state index in [4.69, 9.17) is 0 Å². The standard InChI is InChI=1S/C22H33N3O2.ClH/c1-16(2)12-21(26)25-15-19-8-4-3-7-18(19)13-20(25)22(27)24-11-9-17-6-5-10-23-14-17;/h3-4,7-8,16-17,20,23H,5-6,9-15H2,1-2H3,(H,24,27);1H. The normalized spacial score (nSPS) is 21.6. The Morgan fingerprint density at radius 2 is 2.00 bits per heavy atom. The summed E-state index contributed by atoms with van der Waals surface area (Å²) in [6, 6.07) is 7.76. The Morgan fingerprint density at radius 1 is 1.25 bits per heavy atom. The van der Waals surface area contributed by atoms with Gasteiger partial charge in [0, 0.05) is 25.9 Å². The fraction of sp³-hybridized carbons (Fsp3) is 0.636. The molecule has 2 aliphatic rings. The smallest absolute Gasteiger partial charge is 0.243 e. The zero-order valence-electron chi connectivity index (χ0n) is 17.1. The molecular weight excluding hydrogens is 374 g/mol. The Labute approximate surface area is 175 Å². The molecule has 0 spiro atoms. The van der Waals surface area contributed by atoms with Gasteiger partial charge in [-0.3, -0.25) is 9.59 Å². The van der Waals surface area contributed by atoms with Crippen molar-refractivity contribution < 1.29 is 9.59 Å². The summed E-state index contributed by atoms with van der Waals surface area (Å²) in [5, 5.41) is 6.53. The Balaban J connectivity index is 0.00000280. The topological polar surface area (TPSA) is 61.4 Å². The molecule has 3 rings (SSSR count). The van der Waals surface area contributed by atoms with Gasteiger partial charge in [-0.05, 0) is 55.3 Å². The van der Waals surface area contributed by atoms with Gasteiger partial charge in [0.25, 0.3) is 0 Å². The van der Waals surface area contributed by atoms with Crippen LogP contribution < -0.4 is 10.6 Å². The molecule has 0 bridgehead atoms. The fourth-order valence-electron chi connectivity index (χ4n) is 4.17. The number of rotatable bonds is 6. The second-order valence-corrected chi connectivity index (χ2v) is 8.40. The number of hydrogen-bond acceptors (Lipinski definition) is 3. The maximum Gasteiger partial charge on any atom is 0.243 e. The molecule has 2 unspecified atom stereocenters. The van der Waals surface area contributed by atoms with Crippen LogP contribution in [0.4, 0.5) is 0 Å². The molecule has 2 N–H and O–H groups in total. The Kier molecular flexibility index (Phi) is 8.77. The molecule has 1 aromatic rings. The first-order chi connectivity index (χ1) is 13.0. The summed E-state index contributed by atoms with van der Waals surface area (Å²) in [6.45, 7) is 7.47. The molecule has 2 heterocycles. The van der Waals surface area contributed by atoms with E-state index in [-0.39, 0.29) is 30.1 Å². The van der Waals surface area contributed by atoms with Crippen LogP contribution in [0.15, 0.2) is 24.3 Å². The molecule has 28 heavy (non-hydrogen) atoms. The molecule has 1 fully saturated rings. The van der Waals surface area contributed by atoms with E-state index >= 15 is 0 Å². The van der Waals surface area contributed by atoms with Gasteiger partial charge in [0.05, 0.1) is 0 Å². The first-order valence-corrected chi connectivity index (χ1v) is 10.4. The van der Waals surface area contributed by atoms with Crippen LogP contribution >= 0.6 is 12.4 Å². The van der Waals surface area contributed by atoms with Crippen LogP contribution in [-0.2, 0) is 22.6 Å². The van der Waals surface area contributed by atoms with Crippen LogP contribution in [0.3, 0.4) is 0 Å². The van der Waals surface area contributed by atoms with Crippen LogP contribution in [-0.4, -0.2) is 42.4 Å². The van der Waals surface area contributed by atoms with Crippen LogP contribution in [0.5, 0.6) is 0 Å². The third kappa shape index (κ3) is 5.95. The van der Waals surface area contributed by atoms with Crippen LogP contribution in [0, 0.1) is 11.8 Å². The highest BCUT2D eigenvalue weighted by Crippen LogP contribution is 2.25. The SMILES string of the molecule is CC(C)CC(=O)N1Cc2ccccc2CC1C(=O)NCCC1CCCNC1.Cl. The third-order valence-corrected chi connectivity index (χ3v) is 5.71. The summed E-state index contributed by atoms with van der Waals surface area (Å²) >= 11 is 0. The largest absolute Gasteiger partial charge is 0.354 e. The van der Waals surface area contributed by atoms with Gasteiger partial charge >= 0.3 is 0 Å². The Hall–Kier alpha value is -1.59. The summed E-state index contributed by atoms with van der Waals surface area (Å²) in [4.78, 5) is 27.5. The lowest BCUT2D eigenvalue weighted by atomic mass is 9.92. The van der Waals surface area contributed by atoms with Crippen molar-refractivity contribution in [1.29, 1.82) is 0 Å². The number of carbonyl (C=O) groups excluding carboxylic acids is 2. The average Bonchev–Trinajstić information content (AvgIpc) is 2.67. The minimum atomic E-state index is -0.393. The predicted molar refractivity (Wildman–Crippen MR) is 114 cm³/mol. The molecule has 0 aliphatic carbocycles. The zero-order valence-corrected chi connectivity index (χ0v) is 17.9. The number of nitrogens with zero attached hydrogens (tertiary/aromatic N) is 1. The van der Waals surface area contributed by atoms with E-state index in [0.717, 1.165) is 25.1 Å². The van der Waals surface area contributed by atoms with Crippen molar-refractivity contribution in [3.05, 3.63) is 35.4 Å². The molecule has 0 radical (unpaired) electrons. The van der Waals surface area contributed by atoms with Gasteiger partial charge in [0.1, 0.15) is 6.04 Å². The second kappa shape index (κ2) is 10.8. The van der Waals surface area contributed by atoms with Gasteiger partial charge in [0.2, 0.25) is 11.8 Å². The van der Waals surface area contributed by atoms with Crippen molar-refractivity contribution in [3.63, 3.8) is 0 Å². The molecule has 2 amide bonds. The van der Waals surface area contributed by atoms with E-state index in [2.05, 4.69) is 22.8 Å². The van der Waals surface area contributed by atoms with Gasteiger partial charge in [-0.15, -0.1) is 12.4 Å². The lowest BCUT2D eigenvalue weighted by Crippen LogP contribution is -2.53. The first kappa shape index (κ1) is 22.7. The molecule has 5 nitrogen and oxygen atoms in total. The molecule has 0 aromatic heterocycles. The second-order valence-electron chi connectivity index (χ2n) is 8.40. The summed E-state index contributed by atoms with van der Waals surface area (Å²) in [7, 11) is 0. The lowest BCUT2D eigenvalue weighted by Gasteiger charge is -2.36. The number of hydrogen-bond donors (Lipinski definition) is 2. The summed E-state index contributed by atoms with van der Waals surface area (Å²) in [6.07, 6.45) is 4.55. The number of halogens is 1. The van der Waals surface area contributed by atoms with Crippen LogP contribution in [0.2, 0.25) is 0 Å². The number of nitrogens with one attached hydrogen (secondary N) is 2. The number of fused-ring (bicyclic) bond motifs is 1. The highest BCUT2D eigenvalue weighted by atomic mass is 35.5. The fourth-order valence-corrected chi connectivity index (χ4v) is 4.17. The van der Waals surface area contributed by atoms with Crippen molar-refractivity contribution in [2.24, 2.45) is 11.8 Å². The lowest BCUT2D eigenvalue weighted by molar-refractivity contribution is -0.142. The van der Waals surface area contributed by atoms with Gasteiger partial charge in [-0.25, -0.2) is 0 Å². The summed E-state index contributed by atoms with van der Waals surface area (Å²) < 4.78 is 0. The van der Waals surface area contributed by atoms with Gasteiger partial charge in [-0.1, -0.05) is 38.1 Å². The van der Waals surface area contributed by atoms with Crippen molar-refractivity contribution in [2.75, 3.05) is 19.6 Å². The Morgan fingerprint density at radius 3 is 2.68 bits per heavy atom. The maximum absolute atomic E-state index is 12.9. The molecule has 1 saturated heterocycles. The van der Waals surface area contributed by atoms with Crippen molar-refractivity contribution >= 4 is 24.2 Å². The van der Waals surface area contributed by atoms with E-state index in [1.165, 1.54) is 18.4 Å². The summed E-state index contributed by atoms with van der Waals surface area (Å²) in [5.74, 6) is 1.00. The van der Waals surface area contributed by atoms with E-state index in [9.17, 15) is 9.59 Å². The molecular formula is C22H34ClN3O2. The van der Waals surface area contributed by atoms with E-state index in [1.807, 2.05) is 26.0 Å². The molecule has 0 saturated carbocycles. The van der Waals surface area contributed by atoms with E-state index in [0.29, 0.717) is 31.8 Å². The molecule has 1 aromatic carbocycles. The highest BCUT2D eigenvalue weighted by molar-refractivity contribution is 5.88. The number of benzene rings is 1. The van der Waals surface area contributed by atoms with E-state index in [1.54, 1.807) is 4.90 Å². The van der Waals surface area contributed by atoms with Crippen molar-refractivity contribution in [2.45, 2.75) is 58.5 Å². The molecule has 156 valence electrons. The average molecular weight is 408 g/mol. The Bertz CT molecular complexity index is 659. The minimum Gasteiger partial charge on any atom is -0.354 e. The van der Waals surface area contributed by atoms with E-state index < -0.39 is 6.04 Å². The molecule has 6 heteroatoms. The monoisotopic (exact) mass is 407 g/mol. The van der Waals surface area contributed by atoms with Gasteiger partial charge < -0.3 is 15.5 Å². The maximum atomic E-state index is 12.9. The van der Waals surface area contributed by atoms with Crippen LogP contribution in [0.25, 0.3) is 0 Å². The highest BCUT2D eigenvalue weighted by Gasteiger charge is 2.34. The number of carbonyl (C=O) groups is 2. The first-order valence-electron chi connectivity index (χ1n) is 10.4. The molecule has 2 atom stereocenters. The predicted octanol–water partition coefficient (Wildman–Crippen LogP) is 2.91. The van der Waals surface area contributed by atoms with Gasteiger partial charge in [0.15, 0.2) is 0 Å². The minimum absolute atomic E-state index is 0. The molecule has 2 aliphatic heterocycles.